The van der Waals surface area contributed by atoms with E-state index >= 15 is 0 Å². The van der Waals surface area contributed by atoms with E-state index in [-0.39, 0.29) is 0 Å². The normalized spacial score (nSPS) is 7.55. The Morgan fingerprint density at radius 1 is 1.36 bits per heavy atom. The summed E-state index contributed by atoms with van der Waals surface area (Å²) in [6, 6.07) is 0. The number of rotatable bonds is 4. The predicted molar refractivity (Wildman–Crippen MR) is 53.0 cm³/mol. The molecule has 0 aromatic carbocycles. The van der Waals surface area contributed by atoms with Crippen LogP contribution in [0, 0.1) is 0 Å². The molecule has 0 rings (SSSR count). The van der Waals surface area contributed by atoms with Crippen molar-refractivity contribution in [2.75, 3.05) is 19.1 Å². The smallest absolute Gasteiger partial charge is 0.0257 e. The summed E-state index contributed by atoms with van der Waals surface area (Å²) >= 11 is 1.75. The van der Waals surface area contributed by atoms with Crippen molar-refractivity contribution in [3.05, 3.63) is 10.4 Å². The molecule has 0 aromatic rings. The lowest BCUT2D eigenvalue weighted by Crippen LogP contribution is -1.76. The summed E-state index contributed by atoms with van der Waals surface area (Å²) in [5.74, 6) is 0. The van der Waals surface area contributed by atoms with Gasteiger partial charge in [-0.15, -0.1) is 0 Å². The number of azide groups is 1. The van der Waals surface area contributed by atoms with Crippen molar-refractivity contribution in [3.8, 4) is 0 Å². The summed E-state index contributed by atoms with van der Waals surface area (Å²) in [7, 11) is 0. The quantitative estimate of drug-likeness (QED) is 0.279. The molecule has 0 heterocycles. The fourth-order valence-electron chi connectivity index (χ4n) is 0.477. The Labute approximate surface area is 73.2 Å². The van der Waals surface area contributed by atoms with E-state index in [4.69, 9.17) is 5.53 Å². The fraction of sp³-hybridized carbons (Fsp3) is 1.00. The molecular formula is C7H17N3S. The first kappa shape index (κ1) is 13.3. The molecule has 4 heteroatoms. The molecule has 0 atom stereocenters. The van der Waals surface area contributed by atoms with Crippen LogP contribution in [0.4, 0.5) is 0 Å². The van der Waals surface area contributed by atoms with E-state index in [0.29, 0.717) is 6.54 Å². The number of nitrogens with zero attached hydrogens (tertiary/aromatic N) is 3. The van der Waals surface area contributed by atoms with E-state index in [0.717, 1.165) is 6.42 Å². The molecule has 0 saturated carbocycles. The van der Waals surface area contributed by atoms with Gasteiger partial charge in [-0.2, -0.15) is 11.8 Å². The second-order valence-corrected chi connectivity index (χ2v) is 2.89. The molecule has 0 bridgehead atoms. The molecule has 66 valence electrons. The number of hydrogen-bond acceptors (Lipinski definition) is 2. The minimum Gasteiger partial charge on any atom is -0.169 e. The first-order valence-corrected chi connectivity index (χ1v) is 5.37. The highest BCUT2D eigenvalue weighted by Gasteiger charge is 1.79. The molecule has 3 nitrogen and oxygen atoms in total. The zero-order valence-electron chi connectivity index (χ0n) is 7.58. The van der Waals surface area contributed by atoms with Crippen LogP contribution in [0.5, 0.6) is 0 Å². The van der Waals surface area contributed by atoms with Crippen molar-refractivity contribution >= 4 is 11.8 Å². The Bertz CT molecular complexity index is 99.9. The first-order valence-electron chi connectivity index (χ1n) is 3.74. The maximum atomic E-state index is 7.82. The second-order valence-electron chi connectivity index (χ2n) is 2.07. The molecule has 0 aliphatic rings. The van der Waals surface area contributed by atoms with E-state index in [1.807, 2.05) is 12.5 Å². The Kier molecular flexibility index (Phi) is 19.7. The topological polar surface area (TPSA) is 48.8 Å². The third kappa shape index (κ3) is 26.1. The van der Waals surface area contributed by atoms with Gasteiger partial charge >= 0.3 is 0 Å². The van der Waals surface area contributed by atoms with Crippen molar-refractivity contribution in [2.45, 2.75) is 26.2 Å². The number of unbranched alkanes of at least 4 members (excludes halogenated alkanes) is 2. The summed E-state index contributed by atoms with van der Waals surface area (Å²) < 4.78 is 0. The van der Waals surface area contributed by atoms with Crippen molar-refractivity contribution < 1.29 is 0 Å². The van der Waals surface area contributed by atoms with E-state index in [9.17, 15) is 0 Å². The Morgan fingerprint density at radius 3 is 2.27 bits per heavy atom. The number of thioether (sulfide) groups is 1. The Hall–Kier alpha value is -0.340. The average Bonchev–Trinajstić information content (AvgIpc) is 2.00. The molecule has 0 radical (unpaired) electrons. The van der Waals surface area contributed by atoms with Crippen LogP contribution >= 0.6 is 11.8 Å². The standard InChI is InChI=1S/C5H11N3.C2H6S/c1-2-3-4-5-7-8-6;1-3-2/h2-5H2,1H3;1-2H3. The zero-order valence-corrected chi connectivity index (χ0v) is 8.39. The first-order chi connectivity index (χ1) is 5.33. The van der Waals surface area contributed by atoms with E-state index < -0.39 is 0 Å². The van der Waals surface area contributed by atoms with Crippen molar-refractivity contribution in [1.82, 2.24) is 0 Å². The highest BCUT2D eigenvalue weighted by Crippen LogP contribution is 1.92. The largest absolute Gasteiger partial charge is 0.169 e. The highest BCUT2D eigenvalue weighted by atomic mass is 32.2. The molecule has 0 spiro atoms. The summed E-state index contributed by atoms with van der Waals surface area (Å²) in [5.41, 5.74) is 7.82. The van der Waals surface area contributed by atoms with Gasteiger partial charge in [0.15, 0.2) is 0 Å². The van der Waals surface area contributed by atoms with Gasteiger partial charge in [0.1, 0.15) is 0 Å². The van der Waals surface area contributed by atoms with Gasteiger partial charge in [0.25, 0.3) is 0 Å². The summed E-state index contributed by atoms with van der Waals surface area (Å²) in [6.07, 6.45) is 7.46. The lowest BCUT2D eigenvalue weighted by Gasteiger charge is -1.86. The molecule has 0 aliphatic heterocycles. The van der Waals surface area contributed by atoms with Gasteiger partial charge in [-0.25, -0.2) is 0 Å². The van der Waals surface area contributed by atoms with Crippen LogP contribution in [0.2, 0.25) is 0 Å². The third-order valence-electron chi connectivity index (χ3n) is 0.925. The van der Waals surface area contributed by atoms with Crippen molar-refractivity contribution in [1.29, 1.82) is 0 Å². The Balaban J connectivity index is 0. The highest BCUT2D eigenvalue weighted by molar-refractivity contribution is 7.97. The van der Waals surface area contributed by atoms with Gasteiger partial charge in [0.2, 0.25) is 0 Å². The summed E-state index contributed by atoms with van der Waals surface area (Å²) in [6.45, 7) is 2.78. The third-order valence-corrected chi connectivity index (χ3v) is 0.925. The minimum absolute atomic E-state index is 0.657. The van der Waals surface area contributed by atoms with Crippen LogP contribution in [-0.2, 0) is 0 Å². The zero-order chi connectivity index (χ0) is 8.95. The monoisotopic (exact) mass is 175 g/mol. The Morgan fingerprint density at radius 2 is 1.91 bits per heavy atom. The second kappa shape index (κ2) is 16.3. The van der Waals surface area contributed by atoms with E-state index in [1.54, 1.807) is 11.8 Å². The van der Waals surface area contributed by atoms with Gasteiger partial charge in [0.05, 0.1) is 0 Å². The molecule has 11 heavy (non-hydrogen) atoms. The van der Waals surface area contributed by atoms with Crippen LogP contribution in [0.1, 0.15) is 26.2 Å². The van der Waals surface area contributed by atoms with Gasteiger partial charge in [-0.3, -0.25) is 0 Å². The van der Waals surface area contributed by atoms with Gasteiger partial charge in [0, 0.05) is 11.5 Å². The van der Waals surface area contributed by atoms with Crippen LogP contribution in [0.25, 0.3) is 10.4 Å². The summed E-state index contributed by atoms with van der Waals surface area (Å²) in [5, 5.41) is 3.39. The van der Waals surface area contributed by atoms with E-state index in [2.05, 4.69) is 16.9 Å². The van der Waals surface area contributed by atoms with Crippen molar-refractivity contribution in [3.63, 3.8) is 0 Å². The van der Waals surface area contributed by atoms with E-state index in [1.165, 1.54) is 12.8 Å². The van der Waals surface area contributed by atoms with Gasteiger partial charge < -0.3 is 0 Å². The fourth-order valence-corrected chi connectivity index (χ4v) is 0.477. The molecule has 0 fully saturated rings. The molecule has 0 aromatic heterocycles. The van der Waals surface area contributed by atoms with Crippen LogP contribution < -0.4 is 0 Å². The van der Waals surface area contributed by atoms with Gasteiger partial charge in [-0.1, -0.05) is 24.9 Å². The predicted octanol–water partition coefficient (Wildman–Crippen LogP) is 3.47. The minimum atomic E-state index is 0.657. The molecule has 0 unspecified atom stereocenters. The lowest BCUT2D eigenvalue weighted by molar-refractivity contribution is 0.725. The molecule has 0 N–H and O–H groups in total. The van der Waals surface area contributed by atoms with Crippen molar-refractivity contribution in [2.24, 2.45) is 5.11 Å². The molecular weight excluding hydrogens is 158 g/mol. The van der Waals surface area contributed by atoms with Crippen LogP contribution in [0.3, 0.4) is 0 Å². The van der Waals surface area contributed by atoms with Gasteiger partial charge in [-0.05, 0) is 24.5 Å². The summed E-state index contributed by atoms with van der Waals surface area (Å²) in [4.78, 5) is 2.63. The molecule has 0 amide bonds. The number of hydrogen-bond donors (Lipinski definition) is 0. The molecule has 0 aliphatic carbocycles. The average molecular weight is 175 g/mol. The lowest BCUT2D eigenvalue weighted by atomic mass is 10.3. The maximum Gasteiger partial charge on any atom is 0.0257 e. The SMILES string of the molecule is CCCCCN=[N+]=[N-].CSC. The van der Waals surface area contributed by atoms with Crippen LogP contribution in [-0.4, -0.2) is 19.1 Å². The molecule has 0 saturated heterocycles. The van der Waals surface area contributed by atoms with Crippen LogP contribution in [0.15, 0.2) is 5.11 Å². The maximum absolute atomic E-state index is 7.82.